The first-order valence-corrected chi connectivity index (χ1v) is 6.36. The van der Waals surface area contributed by atoms with Crippen LogP contribution in [0.25, 0.3) is 0 Å². The van der Waals surface area contributed by atoms with Crippen molar-refractivity contribution >= 4 is 19.7 Å². The van der Waals surface area contributed by atoms with Crippen LogP contribution in [0.5, 0.6) is 0 Å². The van der Waals surface area contributed by atoms with Gasteiger partial charge in [-0.05, 0) is 18.6 Å². The molecule has 16 heavy (non-hydrogen) atoms. The highest BCUT2D eigenvalue weighted by Crippen LogP contribution is 2.33. The van der Waals surface area contributed by atoms with Crippen LogP contribution >= 0.6 is 10.7 Å². The Morgan fingerprint density at radius 1 is 1.44 bits per heavy atom. The summed E-state index contributed by atoms with van der Waals surface area (Å²) < 4.78 is 47.8. The van der Waals surface area contributed by atoms with E-state index in [4.69, 9.17) is 15.9 Å². The van der Waals surface area contributed by atoms with Gasteiger partial charge in [0.05, 0.1) is 22.1 Å². The van der Waals surface area contributed by atoms with E-state index in [9.17, 15) is 17.2 Å². The van der Waals surface area contributed by atoms with Gasteiger partial charge in [0, 0.05) is 10.7 Å². The summed E-state index contributed by atoms with van der Waals surface area (Å²) in [5.74, 6) is 0. The number of benzene rings is 1. The van der Waals surface area contributed by atoms with E-state index < -0.39 is 25.9 Å². The van der Waals surface area contributed by atoms with Gasteiger partial charge in [-0.1, -0.05) is 6.07 Å². The highest BCUT2D eigenvalue weighted by molar-refractivity contribution is 8.13. The van der Waals surface area contributed by atoms with Gasteiger partial charge in [0.1, 0.15) is 0 Å². The van der Waals surface area contributed by atoms with Gasteiger partial charge >= 0.3 is 0 Å². The van der Waals surface area contributed by atoms with Crippen LogP contribution in [-0.4, -0.2) is 8.42 Å². The molecule has 1 aromatic carbocycles. The number of halogens is 3. The number of nitriles is 1. The normalized spacial score (nSPS) is 11.5. The minimum Gasteiger partial charge on any atom is -0.207 e. The molecule has 1 aromatic rings. The lowest BCUT2D eigenvalue weighted by atomic mass is 10.1. The van der Waals surface area contributed by atoms with Crippen molar-refractivity contribution in [1.82, 2.24) is 0 Å². The molecule has 0 radical (unpaired) electrons. The molecule has 0 spiro atoms. The number of aryl methyl sites for hydroxylation is 1. The molecule has 3 nitrogen and oxygen atoms in total. The van der Waals surface area contributed by atoms with Crippen molar-refractivity contribution < 1.29 is 17.2 Å². The van der Waals surface area contributed by atoms with E-state index in [1.807, 2.05) is 0 Å². The average Bonchev–Trinajstić information content (AvgIpc) is 2.15. The Balaban J connectivity index is 3.78. The van der Waals surface area contributed by atoms with Gasteiger partial charge in [0.2, 0.25) is 0 Å². The molecule has 0 saturated carbocycles. The van der Waals surface area contributed by atoms with Crippen LogP contribution in [0, 0.1) is 18.3 Å². The fourth-order valence-corrected chi connectivity index (χ4v) is 2.88. The maximum atomic E-state index is 12.7. The number of rotatable bonds is 2. The second kappa shape index (κ2) is 4.36. The van der Waals surface area contributed by atoms with Gasteiger partial charge in [0.25, 0.3) is 15.5 Å². The number of hydrogen-bond acceptors (Lipinski definition) is 3. The van der Waals surface area contributed by atoms with Gasteiger partial charge in [0.15, 0.2) is 0 Å². The van der Waals surface area contributed by atoms with Crippen LogP contribution < -0.4 is 0 Å². The second-order valence-corrected chi connectivity index (χ2v) is 5.53. The highest BCUT2D eigenvalue weighted by atomic mass is 35.7. The van der Waals surface area contributed by atoms with Gasteiger partial charge < -0.3 is 0 Å². The lowest BCUT2D eigenvalue weighted by Gasteiger charge is -2.10. The molecule has 0 aliphatic rings. The van der Waals surface area contributed by atoms with Gasteiger partial charge in [-0.3, -0.25) is 0 Å². The van der Waals surface area contributed by atoms with E-state index in [2.05, 4.69) is 0 Å². The topological polar surface area (TPSA) is 57.9 Å². The molecule has 0 heterocycles. The summed E-state index contributed by atoms with van der Waals surface area (Å²) in [6.07, 6.45) is -3.07. The quantitative estimate of drug-likeness (QED) is 0.773. The van der Waals surface area contributed by atoms with E-state index in [-0.39, 0.29) is 11.1 Å². The fraction of sp³-hybridized carbons (Fsp3) is 0.222. The molecule has 0 atom stereocenters. The summed E-state index contributed by atoms with van der Waals surface area (Å²) in [6.45, 7) is 1.34. The summed E-state index contributed by atoms with van der Waals surface area (Å²) in [5, 5.41) is 8.63. The molecule has 7 heteroatoms. The van der Waals surface area contributed by atoms with E-state index in [1.54, 1.807) is 0 Å². The Kier molecular flexibility index (Phi) is 3.51. The lowest BCUT2D eigenvalue weighted by molar-refractivity contribution is 0.147. The zero-order valence-corrected chi connectivity index (χ0v) is 9.61. The molecule has 0 unspecified atom stereocenters. The Labute approximate surface area is 95.7 Å². The van der Waals surface area contributed by atoms with Crippen molar-refractivity contribution in [3.05, 3.63) is 28.8 Å². The fourth-order valence-electron chi connectivity index (χ4n) is 1.35. The third-order valence-corrected chi connectivity index (χ3v) is 3.47. The molecule has 0 saturated heterocycles. The Hall–Kier alpha value is -1.19. The Morgan fingerprint density at radius 2 is 2.00 bits per heavy atom. The number of nitrogens with zero attached hydrogens (tertiary/aromatic N) is 1. The first kappa shape index (κ1) is 12.9. The maximum absolute atomic E-state index is 12.7. The molecular weight excluding hydrogens is 260 g/mol. The summed E-state index contributed by atoms with van der Waals surface area (Å²) in [4.78, 5) is -0.678. The molecule has 0 N–H and O–H groups in total. The van der Waals surface area contributed by atoms with Gasteiger partial charge in [-0.25, -0.2) is 17.2 Å². The van der Waals surface area contributed by atoms with Gasteiger partial charge in [-0.2, -0.15) is 5.26 Å². The number of hydrogen-bond donors (Lipinski definition) is 0. The third-order valence-electron chi connectivity index (χ3n) is 1.98. The van der Waals surface area contributed by atoms with Crippen LogP contribution in [0.15, 0.2) is 17.0 Å². The molecule has 0 aliphatic carbocycles. The summed E-state index contributed by atoms with van der Waals surface area (Å²) in [6, 6.07) is 3.92. The van der Waals surface area contributed by atoms with Crippen LogP contribution in [0.4, 0.5) is 8.78 Å². The standard InChI is InChI=1S/C9H6ClF2NO2S/c1-5-2-3-6(4-13)7(9(11)12)8(5)16(10,14)15/h2-3,9H,1H3. The smallest absolute Gasteiger partial charge is 0.207 e. The molecular formula is C9H6ClF2NO2S. The van der Waals surface area contributed by atoms with Gasteiger partial charge in [-0.15, -0.1) is 0 Å². The van der Waals surface area contributed by atoms with E-state index in [1.165, 1.54) is 19.1 Å². The first-order chi connectivity index (χ1) is 7.29. The largest absolute Gasteiger partial charge is 0.266 e. The average molecular weight is 266 g/mol. The van der Waals surface area contributed by atoms with E-state index in [0.29, 0.717) is 0 Å². The van der Waals surface area contributed by atoms with Crippen LogP contribution in [0.3, 0.4) is 0 Å². The summed E-state index contributed by atoms with van der Waals surface area (Å²) >= 11 is 0. The molecule has 0 aliphatic heterocycles. The molecule has 0 fully saturated rings. The minimum absolute atomic E-state index is 0.0873. The minimum atomic E-state index is -4.30. The van der Waals surface area contributed by atoms with Crippen LogP contribution in [0.2, 0.25) is 0 Å². The van der Waals surface area contributed by atoms with Crippen molar-refractivity contribution in [3.8, 4) is 6.07 Å². The maximum Gasteiger partial charge on any atom is 0.266 e. The zero-order valence-electron chi connectivity index (χ0n) is 8.04. The van der Waals surface area contributed by atoms with E-state index >= 15 is 0 Å². The van der Waals surface area contributed by atoms with E-state index in [0.717, 1.165) is 6.07 Å². The lowest BCUT2D eigenvalue weighted by Crippen LogP contribution is -2.04. The van der Waals surface area contributed by atoms with Crippen molar-refractivity contribution in [1.29, 1.82) is 5.26 Å². The first-order valence-electron chi connectivity index (χ1n) is 4.05. The second-order valence-electron chi connectivity index (χ2n) is 3.02. The van der Waals surface area contributed by atoms with Crippen molar-refractivity contribution in [3.63, 3.8) is 0 Å². The predicted octanol–water partition coefficient (Wildman–Crippen LogP) is 2.73. The molecule has 1 rings (SSSR count). The van der Waals surface area contributed by atoms with Crippen molar-refractivity contribution in [2.75, 3.05) is 0 Å². The van der Waals surface area contributed by atoms with Crippen molar-refractivity contribution in [2.45, 2.75) is 18.2 Å². The summed E-state index contributed by atoms with van der Waals surface area (Å²) in [7, 11) is 0.771. The highest BCUT2D eigenvalue weighted by Gasteiger charge is 2.27. The Morgan fingerprint density at radius 3 is 2.38 bits per heavy atom. The SMILES string of the molecule is Cc1ccc(C#N)c(C(F)F)c1S(=O)(=O)Cl. The molecule has 0 aromatic heterocycles. The molecule has 86 valence electrons. The van der Waals surface area contributed by atoms with Crippen LogP contribution in [-0.2, 0) is 9.05 Å². The molecule has 0 bridgehead atoms. The monoisotopic (exact) mass is 265 g/mol. The van der Waals surface area contributed by atoms with Crippen LogP contribution in [0.1, 0.15) is 23.1 Å². The van der Waals surface area contributed by atoms with Crippen molar-refractivity contribution in [2.24, 2.45) is 0 Å². The summed E-state index contributed by atoms with van der Waals surface area (Å²) in [5.41, 5.74) is -1.14. The Bertz CT molecular complexity index is 564. The molecule has 0 amide bonds. The predicted molar refractivity (Wildman–Crippen MR) is 53.9 cm³/mol. The third kappa shape index (κ3) is 2.31. The zero-order chi connectivity index (χ0) is 12.5. The number of alkyl halides is 2.